The number of likely N-dealkylation sites (tertiary alicyclic amines) is 1. The summed E-state index contributed by atoms with van der Waals surface area (Å²) in [4.78, 5) is 25.7. The number of piperidine rings is 1. The molecule has 0 aromatic carbocycles. The minimum absolute atomic E-state index is 0.244. The lowest BCUT2D eigenvalue weighted by Gasteiger charge is -2.34. The monoisotopic (exact) mass is 250 g/mol. The largest absolute Gasteiger partial charge is 0.353 e. The third-order valence-corrected chi connectivity index (χ3v) is 4.56. The van der Waals surface area contributed by atoms with Crippen LogP contribution in [0.25, 0.3) is 0 Å². The van der Waals surface area contributed by atoms with E-state index < -0.39 is 0 Å². The summed E-state index contributed by atoms with van der Waals surface area (Å²) in [6, 6.07) is 0.293. The second-order valence-electron chi connectivity index (χ2n) is 6.01. The van der Waals surface area contributed by atoms with Gasteiger partial charge in [-0.25, -0.2) is 0 Å². The topological polar surface area (TPSA) is 49.4 Å². The zero-order valence-electron chi connectivity index (χ0n) is 10.9. The van der Waals surface area contributed by atoms with Crippen LogP contribution in [0.2, 0.25) is 0 Å². The molecule has 3 aliphatic rings. The second kappa shape index (κ2) is 4.90. The molecule has 2 aliphatic carbocycles. The highest BCUT2D eigenvalue weighted by Crippen LogP contribution is 2.32. The third-order valence-electron chi connectivity index (χ3n) is 4.56. The van der Waals surface area contributed by atoms with E-state index in [2.05, 4.69) is 5.32 Å². The molecule has 0 atom stereocenters. The van der Waals surface area contributed by atoms with Crippen LogP contribution in [0.4, 0.5) is 0 Å². The molecule has 3 fully saturated rings. The van der Waals surface area contributed by atoms with Gasteiger partial charge in [-0.2, -0.15) is 0 Å². The van der Waals surface area contributed by atoms with Crippen molar-refractivity contribution in [1.82, 2.24) is 10.2 Å². The normalized spacial score (nSPS) is 25.7. The number of carbonyl (C=O) groups is 2. The van der Waals surface area contributed by atoms with Crippen molar-refractivity contribution >= 4 is 11.8 Å². The highest BCUT2D eigenvalue weighted by Gasteiger charge is 2.35. The van der Waals surface area contributed by atoms with E-state index in [1.807, 2.05) is 4.90 Å². The summed E-state index contributed by atoms with van der Waals surface area (Å²) in [5.74, 6) is 1.19. The molecule has 2 amide bonds. The maximum Gasteiger partial charge on any atom is 0.225 e. The summed E-state index contributed by atoms with van der Waals surface area (Å²) >= 11 is 0. The molecule has 0 bridgehead atoms. The molecule has 1 saturated heterocycles. The van der Waals surface area contributed by atoms with Gasteiger partial charge in [-0.15, -0.1) is 0 Å². The van der Waals surface area contributed by atoms with Gasteiger partial charge in [-0.1, -0.05) is 6.42 Å². The molecular formula is C14H22N2O2. The molecule has 0 unspecified atom stereocenters. The summed E-state index contributed by atoms with van der Waals surface area (Å²) in [6.07, 6.45) is 7.34. The van der Waals surface area contributed by atoms with Crippen LogP contribution >= 0.6 is 0 Å². The molecule has 1 heterocycles. The summed E-state index contributed by atoms with van der Waals surface area (Å²) in [5, 5.41) is 3.15. The molecule has 1 aliphatic heterocycles. The number of amides is 2. The lowest BCUT2D eigenvalue weighted by molar-refractivity contribution is -0.134. The Labute approximate surface area is 108 Å². The summed E-state index contributed by atoms with van der Waals surface area (Å²) in [5.41, 5.74) is 0. The Bertz CT molecular complexity index is 340. The fraction of sp³-hybridized carbons (Fsp3) is 0.857. The zero-order valence-corrected chi connectivity index (χ0v) is 10.9. The lowest BCUT2D eigenvalue weighted by atomic mass is 9.84. The number of hydrogen-bond donors (Lipinski definition) is 1. The maximum atomic E-state index is 11.9. The number of carbonyl (C=O) groups excluding carboxylic acids is 2. The molecule has 0 spiro atoms. The summed E-state index contributed by atoms with van der Waals surface area (Å²) in [6.45, 7) is 1.65. The third kappa shape index (κ3) is 2.52. The van der Waals surface area contributed by atoms with Gasteiger partial charge in [0, 0.05) is 31.0 Å². The van der Waals surface area contributed by atoms with Gasteiger partial charge >= 0.3 is 0 Å². The van der Waals surface area contributed by atoms with Crippen molar-refractivity contribution in [3.8, 4) is 0 Å². The van der Waals surface area contributed by atoms with Crippen molar-refractivity contribution in [2.75, 3.05) is 13.1 Å². The molecule has 100 valence electrons. The fourth-order valence-corrected chi connectivity index (χ4v) is 2.82. The Morgan fingerprint density at radius 3 is 2.06 bits per heavy atom. The van der Waals surface area contributed by atoms with Gasteiger partial charge < -0.3 is 10.2 Å². The number of nitrogens with one attached hydrogen (secondary N) is 1. The summed E-state index contributed by atoms with van der Waals surface area (Å²) in [7, 11) is 0. The standard InChI is InChI=1S/C14H22N2O2/c17-13(10-2-1-3-10)15-12-6-8-16(9-7-12)14(18)11-4-5-11/h10-12H,1-9H2,(H,15,17). The molecule has 18 heavy (non-hydrogen) atoms. The van der Waals surface area contributed by atoms with E-state index in [4.69, 9.17) is 0 Å². The molecule has 4 nitrogen and oxygen atoms in total. The predicted octanol–water partition coefficient (Wildman–Crippen LogP) is 1.30. The van der Waals surface area contributed by atoms with Gasteiger partial charge in [0.25, 0.3) is 0 Å². The number of rotatable bonds is 3. The first-order chi connectivity index (χ1) is 8.74. The average molecular weight is 250 g/mol. The number of hydrogen-bond acceptors (Lipinski definition) is 2. The number of nitrogens with zero attached hydrogens (tertiary/aromatic N) is 1. The minimum Gasteiger partial charge on any atom is -0.353 e. The SMILES string of the molecule is O=C(NC1CCN(C(=O)C2CC2)CC1)C1CCC1. The van der Waals surface area contributed by atoms with E-state index in [1.54, 1.807) is 0 Å². The molecule has 3 rings (SSSR count). The van der Waals surface area contributed by atoms with Gasteiger partial charge in [0.1, 0.15) is 0 Å². The van der Waals surface area contributed by atoms with Crippen molar-refractivity contribution in [3.63, 3.8) is 0 Å². The first-order valence-electron chi connectivity index (χ1n) is 7.33. The molecule has 0 radical (unpaired) electrons. The van der Waals surface area contributed by atoms with E-state index in [1.165, 1.54) is 6.42 Å². The minimum atomic E-state index is 0.244. The quantitative estimate of drug-likeness (QED) is 0.821. The average Bonchev–Trinajstić information content (AvgIpc) is 3.10. The molecule has 4 heteroatoms. The smallest absolute Gasteiger partial charge is 0.225 e. The van der Waals surface area contributed by atoms with E-state index >= 15 is 0 Å². The predicted molar refractivity (Wildman–Crippen MR) is 67.8 cm³/mol. The van der Waals surface area contributed by atoms with Crippen molar-refractivity contribution in [2.45, 2.75) is 51.0 Å². The van der Waals surface area contributed by atoms with Crippen LogP contribution < -0.4 is 5.32 Å². The van der Waals surface area contributed by atoms with Gasteiger partial charge in [-0.05, 0) is 38.5 Å². The first kappa shape index (κ1) is 12.0. The van der Waals surface area contributed by atoms with E-state index in [0.717, 1.165) is 51.6 Å². The Kier molecular flexibility index (Phi) is 3.27. The van der Waals surface area contributed by atoms with Gasteiger partial charge in [0.05, 0.1) is 0 Å². The van der Waals surface area contributed by atoms with Crippen LogP contribution in [-0.4, -0.2) is 35.8 Å². The Hall–Kier alpha value is -1.06. The van der Waals surface area contributed by atoms with Crippen LogP contribution in [-0.2, 0) is 9.59 Å². The molecule has 2 saturated carbocycles. The lowest BCUT2D eigenvalue weighted by Crippen LogP contribution is -2.48. The van der Waals surface area contributed by atoms with Gasteiger partial charge in [0.15, 0.2) is 0 Å². The van der Waals surface area contributed by atoms with Gasteiger partial charge in [-0.3, -0.25) is 9.59 Å². The highest BCUT2D eigenvalue weighted by atomic mass is 16.2. The van der Waals surface area contributed by atoms with Gasteiger partial charge in [0.2, 0.25) is 11.8 Å². The van der Waals surface area contributed by atoms with Crippen LogP contribution in [0.1, 0.15) is 44.9 Å². The summed E-state index contributed by atoms with van der Waals surface area (Å²) < 4.78 is 0. The second-order valence-corrected chi connectivity index (χ2v) is 6.01. The molecule has 1 N–H and O–H groups in total. The van der Waals surface area contributed by atoms with E-state index in [0.29, 0.717) is 17.9 Å². The Morgan fingerprint density at radius 2 is 1.56 bits per heavy atom. The molecule has 0 aromatic rings. The van der Waals surface area contributed by atoms with Crippen molar-refractivity contribution < 1.29 is 9.59 Å². The van der Waals surface area contributed by atoms with Crippen molar-refractivity contribution in [1.29, 1.82) is 0 Å². The van der Waals surface area contributed by atoms with Crippen LogP contribution in [0.15, 0.2) is 0 Å². The zero-order chi connectivity index (χ0) is 12.5. The fourth-order valence-electron chi connectivity index (χ4n) is 2.82. The van der Waals surface area contributed by atoms with Crippen LogP contribution in [0.5, 0.6) is 0 Å². The maximum absolute atomic E-state index is 11.9. The van der Waals surface area contributed by atoms with Crippen molar-refractivity contribution in [2.24, 2.45) is 11.8 Å². The van der Waals surface area contributed by atoms with Crippen LogP contribution in [0, 0.1) is 11.8 Å². The molecule has 0 aromatic heterocycles. The Morgan fingerprint density at radius 1 is 0.889 bits per heavy atom. The van der Waals surface area contributed by atoms with E-state index in [-0.39, 0.29) is 11.8 Å². The van der Waals surface area contributed by atoms with Crippen LogP contribution in [0.3, 0.4) is 0 Å². The van der Waals surface area contributed by atoms with E-state index in [9.17, 15) is 9.59 Å². The highest BCUT2D eigenvalue weighted by molar-refractivity contribution is 5.81. The van der Waals surface area contributed by atoms with Crippen molar-refractivity contribution in [3.05, 3.63) is 0 Å². The Balaban J connectivity index is 1.41. The first-order valence-corrected chi connectivity index (χ1v) is 7.33. The molecular weight excluding hydrogens is 228 g/mol.